The molecule has 1 aliphatic carbocycles. The number of sulfonamides is 1. The van der Waals surface area contributed by atoms with Gasteiger partial charge in [0.05, 0.1) is 11.9 Å². The number of hydrogen-bond acceptors (Lipinski definition) is 6. The third-order valence-corrected chi connectivity index (χ3v) is 4.81. The van der Waals surface area contributed by atoms with Crippen LogP contribution in [0.3, 0.4) is 0 Å². The molecule has 0 amide bonds. The fourth-order valence-electron chi connectivity index (χ4n) is 2.11. The fourth-order valence-corrected chi connectivity index (χ4v) is 3.46. The molecule has 0 unspecified atom stereocenters. The van der Waals surface area contributed by atoms with Crippen LogP contribution in [0.5, 0.6) is 0 Å². The van der Waals surface area contributed by atoms with E-state index in [0.29, 0.717) is 18.5 Å². The maximum absolute atomic E-state index is 12.4. The number of nitrogens with two attached hydrogens (primary N) is 1. The Balaban J connectivity index is 2.22. The molecule has 1 heterocycles. The quantitative estimate of drug-likeness (QED) is 0.804. The van der Waals surface area contributed by atoms with E-state index in [0.717, 1.165) is 6.42 Å². The van der Waals surface area contributed by atoms with Crippen molar-refractivity contribution in [3.8, 4) is 0 Å². The molecule has 3 N–H and O–H groups in total. The summed E-state index contributed by atoms with van der Waals surface area (Å²) in [6.45, 7) is 5.23. The Kier molecular flexibility index (Phi) is 4.18. The van der Waals surface area contributed by atoms with E-state index in [9.17, 15) is 13.2 Å². The summed E-state index contributed by atoms with van der Waals surface area (Å²) in [5, 5.41) is -0.170. The summed E-state index contributed by atoms with van der Waals surface area (Å²) in [6, 6.07) is 2.75. The molecule has 0 aliphatic heterocycles. The van der Waals surface area contributed by atoms with Crippen LogP contribution >= 0.6 is 0 Å². The van der Waals surface area contributed by atoms with Gasteiger partial charge in [0.15, 0.2) is 5.03 Å². The molecule has 1 aromatic rings. The Morgan fingerprint density at radius 3 is 2.41 bits per heavy atom. The summed E-state index contributed by atoms with van der Waals surface area (Å²) in [4.78, 5) is 16.1. The lowest BCUT2D eigenvalue weighted by atomic mass is 9.77. The first kappa shape index (κ1) is 16.7. The number of nitrogen functional groups attached to an aromatic ring is 1. The van der Waals surface area contributed by atoms with Crippen LogP contribution < -0.4 is 10.5 Å². The zero-order chi connectivity index (χ0) is 16.6. The molecule has 1 saturated carbocycles. The van der Waals surface area contributed by atoms with E-state index in [2.05, 4.69) is 9.71 Å². The molecular weight excluding hydrogens is 306 g/mol. The second kappa shape index (κ2) is 5.51. The van der Waals surface area contributed by atoms with Crippen molar-refractivity contribution in [3.05, 3.63) is 18.3 Å². The van der Waals surface area contributed by atoms with Gasteiger partial charge in [0, 0.05) is 0 Å². The summed E-state index contributed by atoms with van der Waals surface area (Å²) in [5.74, 6) is -0.551. The number of anilines is 1. The zero-order valence-electron chi connectivity index (χ0n) is 12.9. The van der Waals surface area contributed by atoms with Gasteiger partial charge in [-0.2, -0.15) is 4.72 Å². The molecule has 1 fully saturated rings. The van der Waals surface area contributed by atoms with Crippen LogP contribution in [0.4, 0.5) is 5.69 Å². The Morgan fingerprint density at radius 1 is 1.36 bits per heavy atom. The third kappa shape index (κ3) is 3.56. The van der Waals surface area contributed by atoms with Crippen LogP contribution in [0.25, 0.3) is 0 Å². The van der Waals surface area contributed by atoms with E-state index >= 15 is 0 Å². The number of carbonyl (C=O) groups is 1. The van der Waals surface area contributed by atoms with E-state index < -0.39 is 27.1 Å². The van der Waals surface area contributed by atoms with Crippen LogP contribution in [0, 0.1) is 0 Å². The van der Waals surface area contributed by atoms with Crippen LogP contribution in [0.2, 0.25) is 0 Å². The fraction of sp³-hybridized carbons (Fsp3) is 0.571. The van der Waals surface area contributed by atoms with Crippen molar-refractivity contribution in [2.75, 3.05) is 5.73 Å². The molecule has 7 nitrogen and oxygen atoms in total. The van der Waals surface area contributed by atoms with Crippen LogP contribution in [0.1, 0.15) is 40.0 Å². The second-order valence-electron chi connectivity index (χ2n) is 6.47. The van der Waals surface area contributed by atoms with Gasteiger partial charge < -0.3 is 10.5 Å². The molecule has 2 rings (SSSR count). The lowest BCUT2D eigenvalue weighted by Crippen LogP contribution is -2.60. The Bertz CT molecular complexity index is 658. The van der Waals surface area contributed by atoms with Crippen molar-refractivity contribution >= 4 is 21.7 Å². The lowest BCUT2D eigenvalue weighted by Gasteiger charge is -2.40. The molecule has 0 radical (unpaired) electrons. The topological polar surface area (TPSA) is 111 Å². The molecule has 122 valence electrons. The summed E-state index contributed by atoms with van der Waals surface area (Å²) < 4.78 is 32.6. The van der Waals surface area contributed by atoms with Crippen molar-refractivity contribution < 1.29 is 17.9 Å². The Morgan fingerprint density at radius 2 is 2.00 bits per heavy atom. The second-order valence-corrected chi connectivity index (χ2v) is 8.10. The van der Waals surface area contributed by atoms with E-state index in [4.69, 9.17) is 10.5 Å². The highest BCUT2D eigenvalue weighted by molar-refractivity contribution is 7.89. The number of aromatic nitrogens is 1. The molecule has 0 aromatic carbocycles. The van der Waals surface area contributed by atoms with E-state index in [1.807, 2.05) is 0 Å². The molecule has 0 spiro atoms. The van der Waals surface area contributed by atoms with Gasteiger partial charge in [-0.05, 0) is 52.2 Å². The van der Waals surface area contributed by atoms with Crippen molar-refractivity contribution in [2.24, 2.45) is 0 Å². The standard InChI is InChI=1S/C14H21N3O4S/c1-13(2,3)21-12(18)14(7-4-8-14)17-22(19,20)11-6-5-10(15)9-16-11/h5-6,9,17H,4,7-8,15H2,1-3H3. The third-order valence-electron chi connectivity index (χ3n) is 3.36. The SMILES string of the molecule is CC(C)(C)OC(=O)C1(NS(=O)(=O)c2ccc(N)cn2)CCC1. The van der Waals surface area contributed by atoms with Crippen LogP contribution in [-0.4, -0.2) is 30.5 Å². The average molecular weight is 327 g/mol. The van der Waals surface area contributed by atoms with Crippen molar-refractivity contribution in [1.29, 1.82) is 0 Å². The maximum atomic E-state index is 12.4. The van der Waals surface area contributed by atoms with Crippen molar-refractivity contribution in [3.63, 3.8) is 0 Å². The van der Waals surface area contributed by atoms with Gasteiger partial charge in [-0.1, -0.05) is 0 Å². The molecule has 22 heavy (non-hydrogen) atoms. The summed E-state index contributed by atoms with van der Waals surface area (Å²) in [7, 11) is -3.91. The number of ether oxygens (including phenoxy) is 1. The normalized spacial score (nSPS) is 17.6. The molecular formula is C14H21N3O4S. The number of rotatable bonds is 4. The number of pyridine rings is 1. The van der Waals surface area contributed by atoms with Crippen LogP contribution in [-0.2, 0) is 19.6 Å². The number of esters is 1. The summed E-state index contributed by atoms with van der Waals surface area (Å²) in [6.07, 6.45) is 2.85. The number of hydrogen-bond donors (Lipinski definition) is 2. The predicted molar refractivity (Wildman–Crippen MR) is 81.4 cm³/mol. The summed E-state index contributed by atoms with van der Waals surface area (Å²) >= 11 is 0. The zero-order valence-corrected chi connectivity index (χ0v) is 13.7. The monoisotopic (exact) mass is 327 g/mol. The van der Waals surface area contributed by atoms with Gasteiger partial charge in [-0.3, -0.25) is 0 Å². The molecule has 0 bridgehead atoms. The number of nitrogens with one attached hydrogen (secondary N) is 1. The van der Waals surface area contributed by atoms with E-state index in [1.165, 1.54) is 18.3 Å². The minimum absolute atomic E-state index is 0.170. The highest BCUT2D eigenvalue weighted by Gasteiger charge is 2.49. The molecule has 0 saturated heterocycles. The lowest BCUT2D eigenvalue weighted by molar-refractivity contribution is -0.166. The smallest absolute Gasteiger partial charge is 0.327 e. The first-order valence-corrected chi connectivity index (χ1v) is 8.51. The highest BCUT2D eigenvalue weighted by atomic mass is 32.2. The van der Waals surface area contributed by atoms with Gasteiger partial charge in [-0.25, -0.2) is 18.2 Å². The van der Waals surface area contributed by atoms with Gasteiger partial charge >= 0.3 is 5.97 Å². The minimum atomic E-state index is -3.91. The Hall–Kier alpha value is -1.67. The predicted octanol–water partition coefficient (Wildman–Crippen LogP) is 1.21. The number of carbonyl (C=O) groups excluding carboxylic acids is 1. The van der Waals surface area contributed by atoms with Crippen LogP contribution in [0.15, 0.2) is 23.4 Å². The van der Waals surface area contributed by atoms with Gasteiger partial charge in [0.1, 0.15) is 11.1 Å². The number of nitrogens with zero attached hydrogens (tertiary/aromatic N) is 1. The van der Waals surface area contributed by atoms with Gasteiger partial charge in [0.25, 0.3) is 10.0 Å². The van der Waals surface area contributed by atoms with Gasteiger partial charge in [0.2, 0.25) is 0 Å². The van der Waals surface area contributed by atoms with Crippen molar-refractivity contribution in [1.82, 2.24) is 9.71 Å². The molecule has 0 atom stereocenters. The average Bonchev–Trinajstić information content (AvgIpc) is 2.32. The largest absolute Gasteiger partial charge is 0.459 e. The van der Waals surface area contributed by atoms with E-state index in [1.54, 1.807) is 20.8 Å². The first-order chi connectivity index (χ1) is 10.0. The van der Waals surface area contributed by atoms with Gasteiger partial charge in [-0.15, -0.1) is 0 Å². The van der Waals surface area contributed by atoms with E-state index in [-0.39, 0.29) is 5.03 Å². The minimum Gasteiger partial charge on any atom is -0.459 e. The molecule has 1 aromatic heterocycles. The maximum Gasteiger partial charge on any atom is 0.327 e. The summed E-state index contributed by atoms with van der Waals surface area (Å²) in [5.41, 5.74) is 3.99. The molecule has 8 heteroatoms. The Labute approximate surface area is 130 Å². The van der Waals surface area contributed by atoms with Crippen molar-refractivity contribution in [2.45, 2.75) is 56.2 Å². The molecule has 1 aliphatic rings. The highest BCUT2D eigenvalue weighted by Crippen LogP contribution is 2.35. The first-order valence-electron chi connectivity index (χ1n) is 7.03.